The van der Waals surface area contributed by atoms with Crippen molar-refractivity contribution in [1.82, 2.24) is 20.1 Å². The van der Waals surface area contributed by atoms with E-state index < -0.39 is 0 Å². The summed E-state index contributed by atoms with van der Waals surface area (Å²) in [6, 6.07) is 3.83. The number of carbonyl (C=O) groups excluding carboxylic acids is 2. The van der Waals surface area contributed by atoms with Gasteiger partial charge in [-0.25, -0.2) is 0 Å². The van der Waals surface area contributed by atoms with Crippen molar-refractivity contribution in [2.75, 3.05) is 45.9 Å². The molecule has 0 radical (unpaired) electrons. The van der Waals surface area contributed by atoms with Crippen molar-refractivity contribution < 1.29 is 14.3 Å². The SMILES string of the molecule is Cn1c(C(=O)NCC(=O)NCCN2CCOCC2)cc2sccc21. The fourth-order valence-electron chi connectivity index (χ4n) is 2.76. The summed E-state index contributed by atoms with van der Waals surface area (Å²) in [7, 11) is 1.85. The molecule has 0 unspecified atom stereocenters. The Kier molecular flexibility index (Phi) is 5.49. The molecule has 7 nitrogen and oxygen atoms in total. The van der Waals surface area contributed by atoms with Gasteiger partial charge in [0.1, 0.15) is 5.69 Å². The minimum absolute atomic E-state index is 0.0131. The summed E-state index contributed by atoms with van der Waals surface area (Å²) < 4.78 is 8.19. The van der Waals surface area contributed by atoms with Crippen molar-refractivity contribution in [3.05, 3.63) is 23.2 Å². The van der Waals surface area contributed by atoms with Gasteiger partial charge in [-0.2, -0.15) is 0 Å². The van der Waals surface area contributed by atoms with Crippen LogP contribution in [0.3, 0.4) is 0 Å². The molecule has 3 heterocycles. The topological polar surface area (TPSA) is 75.6 Å². The molecule has 0 spiro atoms. The van der Waals surface area contributed by atoms with Crippen molar-refractivity contribution in [3.8, 4) is 0 Å². The largest absolute Gasteiger partial charge is 0.379 e. The van der Waals surface area contributed by atoms with Gasteiger partial charge in [-0.05, 0) is 17.5 Å². The molecule has 1 aliphatic heterocycles. The van der Waals surface area contributed by atoms with Gasteiger partial charge in [0.2, 0.25) is 5.91 Å². The van der Waals surface area contributed by atoms with Crippen LogP contribution >= 0.6 is 11.3 Å². The maximum Gasteiger partial charge on any atom is 0.268 e. The van der Waals surface area contributed by atoms with Crippen LogP contribution in [-0.4, -0.2) is 67.2 Å². The first kappa shape index (κ1) is 16.9. The zero-order valence-corrected chi connectivity index (χ0v) is 14.5. The van der Waals surface area contributed by atoms with E-state index in [-0.39, 0.29) is 18.4 Å². The summed E-state index contributed by atoms with van der Waals surface area (Å²) in [5.74, 6) is -0.406. The van der Waals surface area contributed by atoms with Gasteiger partial charge in [-0.15, -0.1) is 11.3 Å². The molecule has 8 heteroatoms. The maximum absolute atomic E-state index is 12.2. The number of aromatic nitrogens is 1. The molecule has 0 saturated carbocycles. The van der Waals surface area contributed by atoms with Crippen molar-refractivity contribution in [2.24, 2.45) is 7.05 Å². The monoisotopic (exact) mass is 350 g/mol. The fraction of sp³-hybridized carbons (Fsp3) is 0.500. The summed E-state index contributed by atoms with van der Waals surface area (Å²) in [5.41, 5.74) is 1.60. The summed E-state index contributed by atoms with van der Waals surface area (Å²) in [6.07, 6.45) is 0. The molecule has 0 bridgehead atoms. The molecule has 2 amide bonds. The molecule has 3 rings (SSSR count). The normalized spacial score (nSPS) is 15.5. The number of carbonyl (C=O) groups is 2. The van der Waals surface area contributed by atoms with Crippen LogP contribution in [0, 0.1) is 0 Å². The van der Waals surface area contributed by atoms with Crippen molar-refractivity contribution in [3.63, 3.8) is 0 Å². The molecule has 1 fully saturated rings. The summed E-state index contributed by atoms with van der Waals surface area (Å²) in [6.45, 7) is 4.66. The third-order valence-electron chi connectivity index (χ3n) is 4.16. The van der Waals surface area contributed by atoms with Crippen molar-refractivity contribution >= 4 is 33.4 Å². The number of nitrogens with one attached hydrogen (secondary N) is 2. The van der Waals surface area contributed by atoms with E-state index >= 15 is 0 Å². The molecule has 2 aromatic heterocycles. The number of hydrogen-bond acceptors (Lipinski definition) is 5. The molecule has 130 valence electrons. The predicted molar refractivity (Wildman–Crippen MR) is 93.4 cm³/mol. The second-order valence-electron chi connectivity index (χ2n) is 5.75. The number of nitrogens with zero attached hydrogens (tertiary/aromatic N) is 2. The number of aryl methyl sites for hydroxylation is 1. The van der Waals surface area contributed by atoms with E-state index in [9.17, 15) is 9.59 Å². The Hall–Kier alpha value is -1.90. The number of hydrogen-bond donors (Lipinski definition) is 2. The quantitative estimate of drug-likeness (QED) is 0.792. The van der Waals surface area contributed by atoms with Crippen LogP contribution in [0.2, 0.25) is 0 Å². The van der Waals surface area contributed by atoms with Gasteiger partial charge >= 0.3 is 0 Å². The zero-order valence-electron chi connectivity index (χ0n) is 13.7. The highest BCUT2D eigenvalue weighted by atomic mass is 32.1. The minimum atomic E-state index is -0.232. The van der Waals surface area contributed by atoms with E-state index in [1.165, 1.54) is 0 Å². The third kappa shape index (κ3) is 3.95. The van der Waals surface area contributed by atoms with Gasteiger partial charge < -0.3 is 19.9 Å². The Balaban J connectivity index is 1.41. The molecule has 24 heavy (non-hydrogen) atoms. The first-order chi connectivity index (χ1) is 11.6. The van der Waals surface area contributed by atoms with Gasteiger partial charge in [0.25, 0.3) is 5.91 Å². The smallest absolute Gasteiger partial charge is 0.268 e. The van der Waals surface area contributed by atoms with Crippen molar-refractivity contribution in [1.29, 1.82) is 0 Å². The second kappa shape index (κ2) is 7.78. The third-order valence-corrected chi connectivity index (χ3v) is 5.01. The predicted octanol–water partition coefficient (Wildman–Crippen LogP) is 0.418. The highest BCUT2D eigenvalue weighted by Gasteiger charge is 2.15. The van der Waals surface area contributed by atoms with E-state index in [1.54, 1.807) is 11.3 Å². The van der Waals surface area contributed by atoms with Gasteiger partial charge in [-0.3, -0.25) is 14.5 Å². The molecule has 1 saturated heterocycles. The van der Waals surface area contributed by atoms with Crippen LogP contribution in [0.15, 0.2) is 17.5 Å². The van der Waals surface area contributed by atoms with Crippen LogP contribution in [0.4, 0.5) is 0 Å². The minimum Gasteiger partial charge on any atom is -0.379 e. The summed E-state index contributed by atoms with van der Waals surface area (Å²) in [4.78, 5) is 26.3. The van der Waals surface area contributed by atoms with E-state index in [2.05, 4.69) is 15.5 Å². The summed E-state index contributed by atoms with van der Waals surface area (Å²) >= 11 is 1.60. The van der Waals surface area contributed by atoms with Crippen LogP contribution < -0.4 is 10.6 Å². The lowest BCUT2D eigenvalue weighted by Gasteiger charge is -2.26. The summed E-state index contributed by atoms with van der Waals surface area (Å²) in [5, 5.41) is 7.50. The Bertz CT molecular complexity index is 718. The standard InChI is InChI=1S/C16H22N4O3S/c1-19-12-2-9-24-14(12)10-13(19)16(22)18-11-15(21)17-3-4-20-5-7-23-8-6-20/h2,9-10H,3-8,11H2,1H3,(H,17,21)(H,18,22). The molecule has 0 atom stereocenters. The first-order valence-corrected chi connectivity index (χ1v) is 8.91. The van der Waals surface area contributed by atoms with Gasteiger partial charge in [-0.1, -0.05) is 0 Å². The Labute approximate surface area is 144 Å². The number of morpholine rings is 1. The molecule has 2 N–H and O–H groups in total. The van der Waals surface area contributed by atoms with Crippen LogP contribution in [-0.2, 0) is 16.6 Å². The lowest BCUT2D eigenvalue weighted by Crippen LogP contribution is -2.43. The van der Waals surface area contributed by atoms with Gasteiger partial charge in [0.15, 0.2) is 0 Å². The maximum atomic E-state index is 12.2. The molecular weight excluding hydrogens is 328 g/mol. The zero-order chi connectivity index (χ0) is 16.9. The molecule has 0 aromatic carbocycles. The fourth-order valence-corrected chi connectivity index (χ4v) is 3.61. The number of thiophene rings is 1. The lowest BCUT2D eigenvalue weighted by molar-refractivity contribution is -0.120. The average Bonchev–Trinajstić information content (AvgIpc) is 3.17. The van der Waals surface area contributed by atoms with E-state index in [0.29, 0.717) is 12.2 Å². The Morgan fingerprint density at radius 1 is 1.29 bits per heavy atom. The van der Waals surface area contributed by atoms with Crippen LogP contribution in [0.25, 0.3) is 10.2 Å². The molecular formula is C16H22N4O3S. The Morgan fingerprint density at radius 3 is 2.83 bits per heavy atom. The van der Waals surface area contributed by atoms with E-state index in [0.717, 1.165) is 43.1 Å². The molecule has 1 aliphatic rings. The molecule has 2 aromatic rings. The number of amides is 2. The highest BCUT2D eigenvalue weighted by molar-refractivity contribution is 7.17. The van der Waals surface area contributed by atoms with Gasteiger partial charge in [0.05, 0.1) is 30.0 Å². The molecule has 0 aliphatic carbocycles. The van der Waals surface area contributed by atoms with Crippen LogP contribution in [0.1, 0.15) is 10.5 Å². The number of fused-ring (bicyclic) bond motifs is 1. The Morgan fingerprint density at radius 2 is 2.08 bits per heavy atom. The highest BCUT2D eigenvalue weighted by Crippen LogP contribution is 2.23. The number of rotatable bonds is 6. The van der Waals surface area contributed by atoms with Gasteiger partial charge in [0, 0.05) is 33.2 Å². The van der Waals surface area contributed by atoms with E-state index in [4.69, 9.17) is 4.74 Å². The van der Waals surface area contributed by atoms with Crippen LogP contribution in [0.5, 0.6) is 0 Å². The first-order valence-electron chi connectivity index (χ1n) is 8.03. The van der Waals surface area contributed by atoms with Crippen molar-refractivity contribution in [2.45, 2.75) is 0 Å². The average molecular weight is 350 g/mol. The lowest BCUT2D eigenvalue weighted by atomic mass is 10.4. The second-order valence-corrected chi connectivity index (χ2v) is 6.69. The van der Waals surface area contributed by atoms with E-state index in [1.807, 2.05) is 29.1 Å². The number of ether oxygens (including phenoxy) is 1.